The van der Waals surface area contributed by atoms with Gasteiger partial charge in [-0.15, -0.1) is 0 Å². The third-order valence-electron chi connectivity index (χ3n) is 3.46. The Morgan fingerprint density at radius 1 is 1.00 bits per heavy atom. The number of hydrogen-bond acceptors (Lipinski definition) is 2. The molecule has 1 atom stereocenters. The fourth-order valence-corrected chi connectivity index (χ4v) is 2.17. The first kappa shape index (κ1) is 19.7. The minimum atomic E-state index is 0.736. The molecule has 4 heteroatoms. The van der Waals surface area contributed by atoms with Crippen molar-refractivity contribution in [2.45, 2.75) is 65.7 Å². The van der Waals surface area contributed by atoms with Gasteiger partial charge in [-0.3, -0.25) is 0 Å². The number of ether oxygens (including phenoxy) is 1. The molecule has 0 aliphatic carbocycles. The molecule has 0 aliphatic rings. The van der Waals surface area contributed by atoms with Crippen LogP contribution in [0.3, 0.4) is 0 Å². The Morgan fingerprint density at radius 2 is 1.65 bits per heavy atom. The van der Waals surface area contributed by atoms with E-state index in [2.05, 4.69) is 31.4 Å². The van der Waals surface area contributed by atoms with Crippen molar-refractivity contribution < 1.29 is 4.74 Å². The fraction of sp³-hybridized carbons (Fsp3) is 0.938. The molecule has 0 fully saturated rings. The summed E-state index contributed by atoms with van der Waals surface area (Å²) >= 11 is 5.19. The predicted octanol–water partition coefficient (Wildman–Crippen LogP) is 3.87. The third kappa shape index (κ3) is 12.7. The fourth-order valence-electron chi connectivity index (χ4n) is 1.97. The first-order chi connectivity index (χ1) is 9.74. The maximum absolute atomic E-state index is 5.76. The van der Waals surface area contributed by atoms with Crippen LogP contribution in [0.4, 0.5) is 0 Å². The smallest absolute Gasteiger partial charge is 0.166 e. The summed E-state index contributed by atoms with van der Waals surface area (Å²) in [6.45, 7) is 10.3. The highest BCUT2D eigenvalue weighted by Crippen LogP contribution is 2.12. The Hall–Kier alpha value is -0.350. The van der Waals surface area contributed by atoms with Crippen LogP contribution < -0.4 is 10.6 Å². The molecule has 0 saturated carbocycles. The predicted molar refractivity (Wildman–Crippen MR) is 92.3 cm³/mol. The van der Waals surface area contributed by atoms with Crippen LogP contribution >= 0.6 is 12.2 Å². The van der Waals surface area contributed by atoms with Crippen LogP contribution in [-0.2, 0) is 4.74 Å². The van der Waals surface area contributed by atoms with E-state index < -0.39 is 0 Å². The van der Waals surface area contributed by atoms with Crippen molar-refractivity contribution in [1.82, 2.24) is 10.6 Å². The molecule has 0 bridgehead atoms. The second kappa shape index (κ2) is 15.0. The van der Waals surface area contributed by atoms with Gasteiger partial charge in [-0.25, -0.2) is 0 Å². The first-order valence-electron chi connectivity index (χ1n) is 8.33. The van der Waals surface area contributed by atoms with E-state index in [4.69, 9.17) is 17.0 Å². The standard InChI is InChI=1S/C16H34N2OS/c1-4-7-10-15(6-3)14-19-13-9-12-18-16(20)17-11-8-5-2/h15H,4-14H2,1-3H3,(H2,17,18,20). The lowest BCUT2D eigenvalue weighted by Crippen LogP contribution is -2.36. The van der Waals surface area contributed by atoms with Gasteiger partial charge in [-0.05, 0) is 37.4 Å². The third-order valence-corrected chi connectivity index (χ3v) is 3.75. The van der Waals surface area contributed by atoms with Gasteiger partial charge in [-0.2, -0.15) is 0 Å². The normalized spacial score (nSPS) is 12.2. The summed E-state index contributed by atoms with van der Waals surface area (Å²) in [6, 6.07) is 0. The van der Waals surface area contributed by atoms with Gasteiger partial charge in [0.15, 0.2) is 5.11 Å². The van der Waals surface area contributed by atoms with Crippen molar-refractivity contribution in [1.29, 1.82) is 0 Å². The molecule has 0 spiro atoms. The molecule has 0 amide bonds. The van der Waals surface area contributed by atoms with Crippen molar-refractivity contribution in [3.8, 4) is 0 Å². The topological polar surface area (TPSA) is 33.3 Å². The summed E-state index contributed by atoms with van der Waals surface area (Å²) in [7, 11) is 0. The largest absolute Gasteiger partial charge is 0.381 e. The number of unbranched alkanes of at least 4 members (excludes halogenated alkanes) is 2. The molecular weight excluding hydrogens is 268 g/mol. The Kier molecular flexibility index (Phi) is 14.8. The first-order valence-corrected chi connectivity index (χ1v) is 8.74. The summed E-state index contributed by atoms with van der Waals surface area (Å²) in [5.41, 5.74) is 0. The molecule has 1 unspecified atom stereocenters. The molecule has 0 heterocycles. The van der Waals surface area contributed by atoms with Crippen molar-refractivity contribution in [3.05, 3.63) is 0 Å². The van der Waals surface area contributed by atoms with Gasteiger partial charge in [0, 0.05) is 26.3 Å². The highest BCUT2D eigenvalue weighted by Gasteiger charge is 2.05. The average Bonchev–Trinajstić information content (AvgIpc) is 2.46. The van der Waals surface area contributed by atoms with Crippen LogP contribution in [0.1, 0.15) is 65.7 Å². The monoisotopic (exact) mass is 302 g/mol. The van der Waals surface area contributed by atoms with Crippen LogP contribution in [-0.4, -0.2) is 31.4 Å². The van der Waals surface area contributed by atoms with E-state index in [1.165, 1.54) is 38.5 Å². The zero-order chi connectivity index (χ0) is 15.1. The van der Waals surface area contributed by atoms with Gasteiger partial charge in [-0.1, -0.05) is 46.5 Å². The Labute approximate surface area is 131 Å². The van der Waals surface area contributed by atoms with Crippen LogP contribution in [0.2, 0.25) is 0 Å². The molecule has 0 aromatic heterocycles. The molecule has 0 aromatic rings. The molecular formula is C16H34N2OS. The van der Waals surface area contributed by atoms with Crippen molar-refractivity contribution in [2.24, 2.45) is 5.92 Å². The van der Waals surface area contributed by atoms with Gasteiger partial charge in [0.1, 0.15) is 0 Å². The quantitative estimate of drug-likeness (QED) is 0.400. The lowest BCUT2D eigenvalue weighted by molar-refractivity contribution is 0.0927. The molecule has 0 aliphatic heterocycles. The van der Waals surface area contributed by atoms with E-state index in [-0.39, 0.29) is 0 Å². The lowest BCUT2D eigenvalue weighted by Gasteiger charge is -2.15. The molecule has 20 heavy (non-hydrogen) atoms. The summed E-state index contributed by atoms with van der Waals surface area (Å²) < 4.78 is 5.76. The Bertz CT molecular complexity index is 225. The van der Waals surface area contributed by atoms with Crippen molar-refractivity contribution in [3.63, 3.8) is 0 Å². The van der Waals surface area contributed by atoms with Crippen molar-refractivity contribution >= 4 is 17.3 Å². The SMILES string of the molecule is CCCCNC(=S)NCCCOCC(CC)CCCC. The second-order valence-electron chi connectivity index (χ2n) is 5.38. The number of thiocarbonyl (C=S) groups is 1. The Morgan fingerprint density at radius 3 is 2.25 bits per heavy atom. The van der Waals surface area contributed by atoms with Gasteiger partial charge < -0.3 is 15.4 Å². The molecule has 0 aromatic carbocycles. The molecule has 0 rings (SSSR count). The summed E-state index contributed by atoms with van der Waals surface area (Å²) in [6.07, 6.45) is 8.51. The van der Waals surface area contributed by atoms with E-state index in [9.17, 15) is 0 Å². The van der Waals surface area contributed by atoms with E-state index in [1.54, 1.807) is 0 Å². The zero-order valence-corrected chi connectivity index (χ0v) is 14.5. The van der Waals surface area contributed by atoms with Gasteiger partial charge in [0.25, 0.3) is 0 Å². The van der Waals surface area contributed by atoms with Gasteiger partial charge >= 0.3 is 0 Å². The molecule has 0 radical (unpaired) electrons. The minimum absolute atomic E-state index is 0.736. The molecule has 3 nitrogen and oxygen atoms in total. The highest BCUT2D eigenvalue weighted by molar-refractivity contribution is 7.80. The van der Waals surface area contributed by atoms with Crippen LogP contribution in [0, 0.1) is 5.92 Å². The number of rotatable bonds is 13. The molecule has 0 saturated heterocycles. The van der Waals surface area contributed by atoms with Crippen LogP contribution in [0.15, 0.2) is 0 Å². The minimum Gasteiger partial charge on any atom is -0.381 e. The van der Waals surface area contributed by atoms with Crippen molar-refractivity contribution in [2.75, 3.05) is 26.3 Å². The summed E-state index contributed by atoms with van der Waals surface area (Å²) in [5.74, 6) is 0.736. The average molecular weight is 303 g/mol. The summed E-state index contributed by atoms with van der Waals surface area (Å²) in [5, 5.41) is 7.19. The lowest BCUT2D eigenvalue weighted by atomic mass is 10.0. The molecule has 120 valence electrons. The number of nitrogens with one attached hydrogen (secondary N) is 2. The van der Waals surface area contributed by atoms with Crippen LogP contribution in [0.25, 0.3) is 0 Å². The zero-order valence-electron chi connectivity index (χ0n) is 13.7. The van der Waals surface area contributed by atoms with E-state index in [1.807, 2.05) is 0 Å². The van der Waals surface area contributed by atoms with Crippen LogP contribution in [0.5, 0.6) is 0 Å². The number of hydrogen-bond donors (Lipinski definition) is 2. The Balaban J connectivity index is 3.36. The van der Waals surface area contributed by atoms with E-state index in [0.29, 0.717) is 0 Å². The second-order valence-corrected chi connectivity index (χ2v) is 5.79. The maximum Gasteiger partial charge on any atom is 0.166 e. The highest BCUT2D eigenvalue weighted by atomic mass is 32.1. The summed E-state index contributed by atoms with van der Waals surface area (Å²) in [4.78, 5) is 0. The maximum atomic E-state index is 5.76. The van der Waals surface area contributed by atoms with E-state index in [0.717, 1.165) is 43.8 Å². The van der Waals surface area contributed by atoms with Gasteiger partial charge in [0.05, 0.1) is 0 Å². The van der Waals surface area contributed by atoms with Gasteiger partial charge in [0.2, 0.25) is 0 Å². The van der Waals surface area contributed by atoms with E-state index >= 15 is 0 Å². The molecule has 2 N–H and O–H groups in total.